The van der Waals surface area contributed by atoms with Gasteiger partial charge in [-0.1, -0.05) is 0 Å². The minimum Gasteiger partial charge on any atom is -0.474 e. The quantitative estimate of drug-likeness (QED) is 0.833. The molecular formula is C11H22N4O. The maximum absolute atomic E-state index is 5.89. The summed E-state index contributed by atoms with van der Waals surface area (Å²) >= 11 is 0. The smallest absolute Gasteiger partial charge is 0.235 e. The maximum Gasteiger partial charge on any atom is 0.235 e. The van der Waals surface area contributed by atoms with E-state index in [1.165, 1.54) is 0 Å². The molecular weight excluding hydrogens is 204 g/mol. The molecule has 2 N–H and O–H groups in total. The van der Waals surface area contributed by atoms with Crippen LogP contribution in [0.1, 0.15) is 19.5 Å². The molecule has 0 aliphatic heterocycles. The van der Waals surface area contributed by atoms with Gasteiger partial charge in [-0.15, -0.1) is 0 Å². The van der Waals surface area contributed by atoms with E-state index in [0.29, 0.717) is 18.2 Å². The number of nitrogens with zero attached hydrogens (tertiary/aromatic N) is 3. The lowest BCUT2D eigenvalue weighted by molar-refractivity contribution is 0.108. The van der Waals surface area contributed by atoms with E-state index in [0.717, 1.165) is 5.69 Å². The van der Waals surface area contributed by atoms with Crippen LogP contribution in [0.5, 0.6) is 5.88 Å². The molecule has 92 valence electrons. The van der Waals surface area contributed by atoms with Gasteiger partial charge in [0.2, 0.25) is 5.88 Å². The molecule has 0 atom stereocenters. The van der Waals surface area contributed by atoms with Gasteiger partial charge in [0.1, 0.15) is 12.3 Å². The van der Waals surface area contributed by atoms with Crippen molar-refractivity contribution in [2.45, 2.75) is 26.3 Å². The number of anilines is 1. The van der Waals surface area contributed by atoms with Crippen molar-refractivity contribution in [3.8, 4) is 5.88 Å². The van der Waals surface area contributed by atoms with Gasteiger partial charge < -0.3 is 15.4 Å². The van der Waals surface area contributed by atoms with E-state index in [1.54, 1.807) is 4.68 Å². The van der Waals surface area contributed by atoms with E-state index in [4.69, 9.17) is 10.5 Å². The molecule has 0 saturated carbocycles. The summed E-state index contributed by atoms with van der Waals surface area (Å²) in [5.41, 5.74) is 7.28. The number of rotatable bonds is 4. The standard InChI is InChI=1S/C11H22N4O/c1-8-9(12)10(15(6)13-8)16-7-11(2,3)14(4)5/h7,12H2,1-6H3. The molecule has 1 aromatic heterocycles. The van der Waals surface area contributed by atoms with Crippen LogP contribution < -0.4 is 10.5 Å². The average molecular weight is 226 g/mol. The van der Waals surface area contributed by atoms with Gasteiger partial charge in [-0.25, -0.2) is 4.68 Å². The fraction of sp³-hybridized carbons (Fsp3) is 0.727. The summed E-state index contributed by atoms with van der Waals surface area (Å²) in [5, 5.41) is 4.21. The van der Waals surface area contributed by atoms with Crippen LogP contribution in [0.3, 0.4) is 0 Å². The van der Waals surface area contributed by atoms with E-state index < -0.39 is 0 Å². The minimum atomic E-state index is -0.0371. The average Bonchev–Trinajstić information content (AvgIpc) is 2.39. The first-order valence-electron chi connectivity index (χ1n) is 5.35. The topological polar surface area (TPSA) is 56.3 Å². The Morgan fingerprint density at radius 3 is 2.38 bits per heavy atom. The third-order valence-corrected chi connectivity index (χ3v) is 2.99. The zero-order valence-electron chi connectivity index (χ0n) is 11.0. The van der Waals surface area contributed by atoms with Crippen molar-refractivity contribution < 1.29 is 4.74 Å². The van der Waals surface area contributed by atoms with Crippen LogP contribution in [-0.2, 0) is 7.05 Å². The van der Waals surface area contributed by atoms with E-state index in [1.807, 2.05) is 28.1 Å². The van der Waals surface area contributed by atoms with Crippen molar-refractivity contribution >= 4 is 5.69 Å². The Kier molecular flexibility index (Phi) is 3.48. The largest absolute Gasteiger partial charge is 0.474 e. The molecule has 0 saturated heterocycles. The molecule has 16 heavy (non-hydrogen) atoms. The lowest BCUT2D eigenvalue weighted by Gasteiger charge is -2.32. The number of hydrogen-bond donors (Lipinski definition) is 1. The number of nitrogen functional groups attached to an aromatic ring is 1. The number of hydrogen-bond acceptors (Lipinski definition) is 4. The third-order valence-electron chi connectivity index (χ3n) is 2.99. The Bertz CT molecular complexity index is 368. The predicted octanol–water partition coefficient (Wildman–Crippen LogP) is 1.03. The number of ether oxygens (including phenoxy) is 1. The molecule has 0 amide bonds. The minimum absolute atomic E-state index is 0.0371. The zero-order chi connectivity index (χ0) is 12.5. The van der Waals surface area contributed by atoms with Crippen molar-refractivity contribution in [2.75, 3.05) is 26.4 Å². The molecule has 1 heterocycles. The molecule has 1 aromatic rings. The van der Waals surface area contributed by atoms with Gasteiger partial charge in [-0.05, 0) is 34.9 Å². The summed E-state index contributed by atoms with van der Waals surface area (Å²) < 4.78 is 7.43. The van der Waals surface area contributed by atoms with Crippen LogP contribution in [0, 0.1) is 6.92 Å². The summed E-state index contributed by atoms with van der Waals surface area (Å²) in [6.45, 7) is 6.68. The number of aromatic nitrogens is 2. The number of likely N-dealkylation sites (N-methyl/N-ethyl adjacent to an activating group) is 1. The molecule has 1 rings (SSSR count). The maximum atomic E-state index is 5.89. The van der Waals surface area contributed by atoms with Crippen LogP contribution >= 0.6 is 0 Å². The molecule has 0 spiro atoms. The lowest BCUT2D eigenvalue weighted by Crippen LogP contribution is -2.43. The van der Waals surface area contributed by atoms with Gasteiger partial charge >= 0.3 is 0 Å². The van der Waals surface area contributed by atoms with E-state index in [-0.39, 0.29) is 5.54 Å². The Balaban J connectivity index is 2.75. The van der Waals surface area contributed by atoms with Crippen LogP contribution in [-0.4, -0.2) is 40.9 Å². The summed E-state index contributed by atoms with van der Waals surface area (Å²) in [4.78, 5) is 2.12. The fourth-order valence-electron chi connectivity index (χ4n) is 1.20. The zero-order valence-corrected chi connectivity index (χ0v) is 11.0. The summed E-state index contributed by atoms with van der Waals surface area (Å²) in [5.74, 6) is 0.646. The first-order valence-corrected chi connectivity index (χ1v) is 5.35. The van der Waals surface area contributed by atoms with Gasteiger partial charge in [-0.3, -0.25) is 0 Å². The van der Waals surface area contributed by atoms with Crippen molar-refractivity contribution in [3.05, 3.63) is 5.69 Å². The van der Waals surface area contributed by atoms with Crippen molar-refractivity contribution in [1.29, 1.82) is 0 Å². The van der Waals surface area contributed by atoms with Crippen LogP contribution in [0.4, 0.5) is 5.69 Å². The molecule has 0 fully saturated rings. The Morgan fingerprint density at radius 1 is 1.44 bits per heavy atom. The Labute approximate surface area is 97.2 Å². The molecule has 0 radical (unpaired) electrons. The Morgan fingerprint density at radius 2 is 2.00 bits per heavy atom. The van der Waals surface area contributed by atoms with Gasteiger partial charge in [0.05, 0.1) is 5.69 Å². The van der Waals surface area contributed by atoms with Gasteiger partial charge in [-0.2, -0.15) is 5.10 Å². The highest BCUT2D eigenvalue weighted by atomic mass is 16.5. The molecule has 0 aliphatic rings. The summed E-state index contributed by atoms with van der Waals surface area (Å²) in [7, 11) is 5.89. The molecule has 0 aromatic carbocycles. The highest BCUT2D eigenvalue weighted by molar-refractivity contribution is 5.52. The second kappa shape index (κ2) is 4.33. The van der Waals surface area contributed by atoms with Crippen molar-refractivity contribution in [2.24, 2.45) is 7.05 Å². The number of nitrogens with two attached hydrogens (primary N) is 1. The van der Waals surface area contributed by atoms with E-state index in [2.05, 4.69) is 23.8 Å². The first kappa shape index (κ1) is 12.8. The van der Waals surface area contributed by atoms with Crippen molar-refractivity contribution in [1.82, 2.24) is 14.7 Å². The second-order valence-electron chi connectivity index (χ2n) is 4.92. The normalized spacial score (nSPS) is 12.2. The van der Waals surface area contributed by atoms with Gasteiger partial charge in [0, 0.05) is 12.6 Å². The van der Waals surface area contributed by atoms with E-state index in [9.17, 15) is 0 Å². The number of aryl methyl sites for hydroxylation is 2. The van der Waals surface area contributed by atoms with Crippen LogP contribution in [0.25, 0.3) is 0 Å². The molecule has 5 heteroatoms. The van der Waals surface area contributed by atoms with Gasteiger partial charge in [0.25, 0.3) is 0 Å². The summed E-state index contributed by atoms with van der Waals surface area (Å²) in [6, 6.07) is 0. The monoisotopic (exact) mass is 226 g/mol. The molecule has 5 nitrogen and oxygen atoms in total. The molecule has 0 aliphatic carbocycles. The summed E-state index contributed by atoms with van der Waals surface area (Å²) in [6.07, 6.45) is 0. The lowest BCUT2D eigenvalue weighted by atomic mass is 10.1. The molecule has 0 bridgehead atoms. The van der Waals surface area contributed by atoms with Crippen LogP contribution in [0.15, 0.2) is 0 Å². The predicted molar refractivity (Wildman–Crippen MR) is 65.6 cm³/mol. The first-order chi connectivity index (χ1) is 7.25. The Hall–Kier alpha value is -1.23. The van der Waals surface area contributed by atoms with Crippen molar-refractivity contribution in [3.63, 3.8) is 0 Å². The van der Waals surface area contributed by atoms with Crippen LogP contribution in [0.2, 0.25) is 0 Å². The second-order valence-corrected chi connectivity index (χ2v) is 4.92. The van der Waals surface area contributed by atoms with E-state index >= 15 is 0 Å². The SMILES string of the molecule is Cc1nn(C)c(OCC(C)(C)N(C)C)c1N. The highest BCUT2D eigenvalue weighted by Gasteiger charge is 2.23. The molecule has 0 unspecified atom stereocenters. The highest BCUT2D eigenvalue weighted by Crippen LogP contribution is 2.25. The third kappa shape index (κ3) is 2.47. The van der Waals surface area contributed by atoms with Gasteiger partial charge in [0.15, 0.2) is 0 Å². The fourth-order valence-corrected chi connectivity index (χ4v) is 1.20.